The molecule has 0 aromatic heterocycles. The molecule has 1 saturated heterocycles. The van der Waals surface area contributed by atoms with Crippen LogP contribution in [0, 0.1) is 16.7 Å². The van der Waals surface area contributed by atoms with E-state index >= 15 is 0 Å². The van der Waals surface area contributed by atoms with E-state index in [4.69, 9.17) is 9.47 Å². The Balaban J connectivity index is 1.45. The lowest BCUT2D eigenvalue weighted by Crippen LogP contribution is -2.57. The second kappa shape index (κ2) is 6.89. The van der Waals surface area contributed by atoms with Gasteiger partial charge >= 0.3 is 5.97 Å². The van der Waals surface area contributed by atoms with Crippen molar-refractivity contribution in [1.29, 1.82) is 0 Å². The Bertz CT molecular complexity index is 680. The summed E-state index contributed by atoms with van der Waals surface area (Å²) in [4.78, 5) is 13.0. The SMILES string of the molecule is CC1(C)[C@@H]2CC[C@]1(C)[C@H](OC(=O)C[N+]1(Cc3ccccc3)CCOCC1)C2. The van der Waals surface area contributed by atoms with E-state index in [0.717, 1.165) is 43.8 Å². The van der Waals surface area contributed by atoms with Gasteiger partial charge in [0.15, 0.2) is 6.54 Å². The third kappa shape index (κ3) is 3.31. The topological polar surface area (TPSA) is 35.5 Å². The highest BCUT2D eigenvalue weighted by atomic mass is 16.5. The van der Waals surface area contributed by atoms with Crippen LogP contribution in [-0.4, -0.2) is 49.4 Å². The minimum Gasteiger partial charge on any atom is -0.458 e. The molecular weight excluding hydrogens is 338 g/mol. The third-order valence-corrected chi connectivity index (χ3v) is 8.23. The first-order valence-corrected chi connectivity index (χ1v) is 10.5. The van der Waals surface area contributed by atoms with Crippen LogP contribution in [0.2, 0.25) is 0 Å². The molecule has 3 fully saturated rings. The third-order valence-electron chi connectivity index (χ3n) is 8.23. The molecule has 1 aromatic rings. The van der Waals surface area contributed by atoms with Gasteiger partial charge in [0.25, 0.3) is 0 Å². The van der Waals surface area contributed by atoms with Crippen molar-refractivity contribution >= 4 is 5.97 Å². The van der Waals surface area contributed by atoms with Crippen molar-refractivity contribution in [3.05, 3.63) is 35.9 Å². The maximum absolute atomic E-state index is 13.0. The number of carbonyl (C=O) groups is 1. The van der Waals surface area contributed by atoms with Gasteiger partial charge in [0.2, 0.25) is 0 Å². The van der Waals surface area contributed by atoms with Crippen molar-refractivity contribution in [3.63, 3.8) is 0 Å². The second-order valence-electron chi connectivity index (χ2n) is 9.79. The van der Waals surface area contributed by atoms with Crippen LogP contribution in [0.15, 0.2) is 30.3 Å². The highest BCUT2D eigenvalue weighted by molar-refractivity contribution is 5.71. The van der Waals surface area contributed by atoms with Gasteiger partial charge in [0.1, 0.15) is 25.7 Å². The normalized spacial score (nSPS) is 33.7. The van der Waals surface area contributed by atoms with E-state index in [1.54, 1.807) is 0 Å². The first-order valence-electron chi connectivity index (χ1n) is 10.5. The molecule has 0 unspecified atom stereocenters. The summed E-state index contributed by atoms with van der Waals surface area (Å²) >= 11 is 0. The first-order chi connectivity index (χ1) is 12.8. The zero-order valence-corrected chi connectivity index (χ0v) is 17.1. The fourth-order valence-corrected chi connectivity index (χ4v) is 5.85. The van der Waals surface area contributed by atoms with Crippen molar-refractivity contribution in [2.45, 2.75) is 52.7 Å². The zero-order chi connectivity index (χ0) is 19.1. The first kappa shape index (κ1) is 18.9. The summed E-state index contributed by atoms with van der Waals surface area (Å²) < 4.78 is 12.5. The molecule has 4 heteroatoms. The molecule has 1 heterocycles. The van der Waals surface area contributed by atoms with Crippen molar-refractivity contribution < 1.29 is 18.8 Å². The predicted octanol–water partition coefficient (Wildman–Crippen LogP) is 3.79. The minimum absolute atomic E-state index is 0.0255. The second-order valence-corrected chi connectivity index (χ2v) is 9.79. The van der Waals surface area contributed by atoms with Crippen LogP contribution in [0.25, 0.3) is 0 Å². The Hall–Kier alpha value is -1.39. The summed E-state index contributed by atoms with van der Waals surface area (Å²) in [5.74, 6) is 0.665. The molecule has 0 spiro atoms. The van der Waals surface area contributed by atoms with E-state index in [1.165, 1.54) is 18.4 Å². The molecule has 2 saturated carbocycles. The zero-order valence-electron chi connectivity index (χ0n) is 17.1. The number of fused-ring (bicyclic) bond motifs is 2. The van der Waals surface area contributed by atoms with E-state index in [-0.39, 0.29) is 22.9 Å². The van der Waals surface area contributed by atoms with Crippen LogP contribution in [0.5, 0.6) is 0 Å². The summed E-state index contributed by atoms with van der Waals surface area (Å²) in [6.45, 7) is 11.6. The molecule has 0 amide bonds. The van der Waals surface area contributed by atoms with Gasteiger partial charge in [-0.1, -0.05) is 51.1 Å². The number of benzene rings is 1. The van der Waals surface area contributed by atoms with Crippen molar-refractivity contribution in [3.8, 4) is 0 Å². The molecule has 0 N–H and O–H groups in total. The Labute approximate surface area is 163 Å². The molecule has 0 radical (unpaired) electrons. The Kier molecular flexibility index (Phi) is 4.84. The average molecular weight is 373 g/mol. The number of hydrogen-bond donors (Lipinski definition) is 0. The lowest BCUT2D eigenvalue weighted by molar-refractivity contribution is -0.941. The molecule has 3 atom stereocenters. The smallest absolute Gasteiger partial charge is 0.362 e. The lowest BCUT2D eigenvalue weighted by Gasteiger charge is -2.42. The van der Waals surface area contributed by atoms with Crippen LogP contribution >= 0.6 is 0 Å². The lowest BCUT2D eigenvalue weighted by atomic mass is 9.70. The highest BCUT2D eigenvalue weighted by Gasteiger charge is 2.63. The van der Waals surface area contributed by atoms with Gasteiger partial charge in [0.05, 0.1) is 13.2 Å². The van der Waals surface area contributed by atoms with Crippen LogP contribution < -0.4 is 0 Å². The number of morpholine rings is 1. The van der Waals surface area contributed by atoms with Gasteiger partial charge in [0, 0.05) is 11.0 Å². The quantitative estimate of drug-likeness (QED) is 0.583. The molecular formula is C23H34NO3+. The molecule has 4 rings (SSSR count). The van der Waals surface area contributed by atoms with Gasteiger partial charge in [-0.3, -0.25) is 0 Å². The molecule has 2 bridgehead atoms. The molecule has 1 aromatic carbocycles. The van der Waals surface area contributed by atoms with Gasteiger partial charge < -0.3 is 14.0 Å². The standard InChI is InChI=1S/C23H34NO3/c1-22(2)19-9-10-23(22,3)20(15-19)27-21(25)17-24(11-13-26-14-12-24)16-18-7-5-4-6-8-18/h4-8,19-20H,9-17H2,1-3H3/q+1/t19-,20-,23-/m1/s1. The number of hydrogen-bond acceptors (Lipinski definition) is 3. The van der Waals surface area contributed by atoms with Crippen LogP contribution in [0.4, 0.5) is 0 Å². The Morgan fingerprint density at radius 2 is 1.89 bits per heavy atom. The van der Waals surface area contributed by atoms with Crippen molar-refractivity contribution in [1.82, 2.24) is 0 Å². The monoisotopic (exact) mass is 372 g/mol. The Morgan fingerprint density at radius 3 is 2.48 bits per heavy atom. The number of quaternary nitrogens is 1. The van der Waals surface area contributed by atoms with Crippen molar-refractivity contribution in [2.75, 3.05) is 32.8 Å². The van der Waals surface area contributed by atoms with Crippen LogP contribution in [0.3, 0.4) is 0 Å². The predicted molar refractivity (Wildman–Crippen MR) is 105 cm³/mol. The molecule has 3 aliphatic rings. The van der Waals surface area contributed by atoms with Crippen LogP contribution in [0.1, 0.15) is 45.6 Å². The molecule has 2 aliphatic carbocycles. The minimum atomic E-state index is -0.0255. The molecule has 1 aliphatic heterocycles. The number of nitrogens with zero attached hydrogens (tertiary/aromatic N) is 1. The largest absolute Gasteiger partial charge is 0.458 e. The van der Waals surface area contributed by atoms with Gasteiger partial charge in [-0.15, -0.1) is 0 Å². The van der Waals surface area contributed by atoms with Gasteiger partial charge in [-0.2, -0.15) is 0 Å². The molecule has 4 nitrogen and oxygen atoms in total. The number of ether oxygens (including phenoxy) is 2. The van der Waals surface area contributed by atoms with E-state index in [0.29, 0.717) is 12.5 Å². The fraction of sp³-hybridized carbons (Fsp3) is 0.696. The van der Waals surface area contributed by atoms with Gasteiger partial charge in [-0.25, -0.2) is 4.79 Å². The highest BCUT2D eigenvalue weighted by Crippen LogP contribution is 2.66. The van der Waals surface area contributed by atoms with E-state index in [2.05, 4.69) is 45.0 Å². The Morgan fingerprint density at radius 1 is 1.19 bits per heavy atom. The average Bonchev–Trinajstić information content (AvgIpc) is 2.96. The summed E-state index contributed by atoms with van der Waals surface area (Å²) in [6, 6.07) is 10.5. The fourth-order valence-electron chi connectivity index (χ4n) is 5.85. The maximum Gasteiger partial charge on any atom is 0.362 e. The number of rotatable bonds is 5. The molecule has 27 heavy (non-hydrogen) atoms. The molecule has 148 valence electrons. The summed E-state index contributed by atoms with van der Waals surface area (Å²) in [5.41, 5.74) is 1.68. The summed E-state index contributed by atoms with van der Waals surface area (Å²) in [5, 5.41) is 0. The number of carbonyl (C=O) groups excluding carboxylic acids is 1. The summed E-state index contributed by atoms with van der Waals surface area (Å²) in [7, 11) is 0. The van der Waals surface area contributed by atoms with E-state index in [9.17, 15) is 4.79 Å². The number of esters is 1. The van der Waals surface area contributed by atoms with E-state index < -0.39 is 0 Å². The maximum atomic E-state index is 13.0. The van der Waals surface area contributed by atoms with Gasteiger partial charge in [-0.05, 0) is 30.6 Å². The van der Waals surface area contributed by atoms with Crippen molar-refractivity contribution in [2.24, 2.45) is 16.7 Å². The van der Waals surface area contributed by atoms with E-state index in [1.807, 2.05) is 6.07 Å². The summed E-state index contributed by atoms with van der Waals surface area (Å²) in [6.07, 6.45) is 3.58. The van der Waals surface area contributed by atoms with Crippen LogP contribution in [-0.2, 0) is 20.8 Å².